The summed E-state index contributed by atoms with van der Waals surface area (Å²) in [6.07, 6.45) is 4.42. The minimum Gasteiger partial charge on any atom is -0.481 e. The quantitative estimate of drug-likeness (QED) is 0.911. The molecule has 2 aliphatic rings. The summed E-state index contributed by atoms with van der Waals surface area (Å²) in [6.45, 7) is 0. The van der Waals surface area contributed by atoms with Crippen molar-refractivity contribution in [1.29, 1.82) is 0 Å². The summed E-state index contributed by atoms with van der Waals surface area (Å²) in [5.74, 6) is -0.608. The van der Waals surface area contributed by atoms with Crippen LogP contribution in [0.2, 0.25) is 0 Å². The maximum Gasteiger partial charge on any atom is 0.303 e. The van der Waals surface area contributed by atoms with Crippen LogP contribution in [0.25, 0.3) is 0 Å². The highest BCUT2D eigenvalue weighted by Gasteiger charge is 2.41. The van der Waals surface area contributed by atoms with Gasteiger partial charge in [0.2, 0.25) is 0 Å². The van der Waals surface area contributed by atoms with Crippen molar-refractivity contribution in [1.82, 2.24) is 0 Å². The molecule has 2 atom stereocenters. The normalized spacial score (nSPS) is 29.5. The SMILES string of the molecule is O=C(O)CC1CC2CCC(C1)N2c1ccc(F)cc1. The molecule has 0 spiro atoms. The molecule has 0 aliphatic carbocycles. The van der Waals surface area contributed by atoms with Crippen LogP contribution in [0.5, 0.6) is 0 Å². The minimum absolute atomic E-state index is 0.211. The average Bonchev–Trinajstić information content (AvgIpc) is 2.62. The molecule has 0 radical (unpaired) electrons. The first kappa shape index (κ1) is 12.5. The van der Waals surface area contributed by atoms with Gasteiger partial charge in [-0.3, -0.25) is 4.79 Å². The molecule has 0 saturated carbocycles. The zero-order valence-corrected chi connectivity index (χ0v) is 10.8. The second kappa shape index (κ2) is 4.83. The summed E-state index contributed by atoms with van der Waals surface area (Å²) < 4.78 is 13.0. The number of hydrogen-bond donors (Lipinski definition) is 1. The molecule has 2 fully saturated rings. The smallest absolute Gasteiger partial charge is 0.303 e. The van der Waals surface area contributed by atoms with Crippen LogP contribution < -0.4 is 4.90 Å². The molecule has 2 heterocycles. The fourth-order valence-electron chi connectivity index (χ4n) is 3.74. The van der Waals surface area contributed by atoms with Crippen molar-refractivity contribution in [3.8, 4) is 0 Å². The van der Waals surface area contributed by atoms with Crippen molar-refractivity contribution in [3.05, 3.63) is 30.1 Å². The number of carboxylic acid groups (broad SMARTS) is 1. The van der Waals surface area contributed by atoms with Crippen LogP contribution in [0.15, 0.2) is 24.3 Å². The Morgan fingerprint density at radius 1 is 1.21 bits per heavy atom. The van der Waals surface area contributed by atoms with Crippen molar-refractivity contribution < 1.29 is 14.3 Å². The lowest BCUT2D eigenvalue weighted by Crippen LogP contribution is -2.43. The van der Waals surface area contributed by atoms with Crippen LogP contribution in [0, 0.1) is 11.7 Å². The topological polar surface area (TPSA) is 40.5 Å². The van der Waals surface area contributed by atoms with E-state index >= 15 is 0 Å². The molecule has 2 unspecified atom stereocenters. The highest BCUT2D eigenvalue weighted by molar-refractivity contribution is 5.67. The van der Waals surface area contributed by atoms with Gasteiger partial charge in [0.15, 0.2) is 0 Å². The monoisotopic (exact) mass is 263 g/mol. The van der Waals surface area contributed by atoms with E-state index in [0.29, 0.717) is 18.0 Å². The summed E-state index contributed by atoms with van der Waals surface area (Å²) in [4.78, 5) is 13.2. The van der Waals surface area contributed by atoms with Gasteiger partial charge in [0.25, 0.3) is 0 Å². The third kappa shape index (κ3) is 2.44. The van der Waals surface area contributed by atoms with Gasteiger partial charge in [-0.05, 0) is 55.9 Å². The van der Waals surface area contributed by atoms with E-state index in [-0.39, 0.29) is 12.2 Å². The summed E-state index contributed by atoms with van der Waals surface area (Å²) >= 11 is 0. The van der Waals surface area contributed by atoms with Crippen molar-refractivity contribution >= 4 is 11.7 Å². The van der Waals surface area contributed by atoms with Gasteiger partial charge in [-0.1, -0.05) is 0 Å². The fraction of sp³-hybridized carbons (Fsp3) is 0.533. The summed E-state index contributed by atoms with van der Waals surface area (Å²) in [5, 5.41) is 8.92. The van der Waals surface area contributed by atoms with E-state index in [0.717, 1.165) is 31.4 Å². The van der Waals surface area contributed by atoms with Gasteiger partial charge in [-0.2, -0.15) is 0 Å². The van der Waals surface area contributed by atoms with E-state index < -0.39 is 5.97 Å². The van der Waals surface area contributed by atoms with Gasteiger partial charge >= 0.3 is 5.97 Å². The average molecular weight is 263 g/mol. The molecule has 1 N–H and O–H groups in total. The number of anilines is 1. The Labute approximate surface area is 112 Å². The van der Waals surface area contributed by atoms with Crippen LogP contribution in [-0.2, 0) is 4.79 Å². The Bertz CT molecular complexity index is 460. The first-order chi connectivity index (χ1) is 9.13. The fourth-order valence-corrected chi connectivity index (χ4v) is 3.74. The largest absolute Gasteiger partial charge is 0.481 e. The first-order valence-electron chi connectivity index (χ1n) is 6.89. The van der Waals surface area contributed by atoms with Gasteiger partial charge in [-0.15, -0.1) is 0 Å². The molecular weight excluding hydrogens is 245 g/mol. The van der Waals surface area contributed by atoms with Crippen LogP contribution in [0.3, 0.4) is 0 Å². The number of rotatable bonds is 3. The maximum atomic E-state index is 13.0. The van der Waals surface area contributed by atoms with Crippen molar-refractivity contribution in [2.75, 3.05) is 4.90 Å². The van der Waals surface area contributed by atoms with Gasteiger partial charge in [-0.25, -0.2) is 4.39 Å². The van der Waals surface area contributed by atoms with Crippen molar-refractivity contribution in [3.63, 3.8) is 0 Å². The molecule has 102 valence electrons. The second-order valence-electron chi connectivity index (χ2n) is 5.70. The molecule has 19 heavy (non-hydrogen) atoms. The number of fused-ring (bicyclic) bond motifs is 2. The van der Waals surface area contributed by atoms with E-state index in [9.17, 15) is 9.18 Å². The molecule has 3 rings (SSSR count). The van der Waals surface area contributed by atoms with E-state index in [2.05, 4.69) is 4.90 Å². The molecule has 2 aliphatic heterocycles. The second-order valence-corrected chi connectivity index (χ2v) is 5.70. The van der Waals surface area contributed by atoms with Crippen LogP contribution in [-0.4, -0.2) is 23.2 Å². The number of hydrogen-bond acceptors (Lipinski definition) is 2. The van der Waals surface area contributed by atoms with Crippen LogP contribution in [0.1, 0.15) is 32.1 Å². The molecule has 0 amide bonds. The lowest BCUT2D eigenvalue weighted by Gasteiger charge is -2.40. The van der Waals surface area contributed by atoms with E-state index in [1.165, 1.54) is 12.1 Å². The van der Waals surface area contributed by atoms with Gasteiger partial charge < -0.3 is 10.0 Å². The van der Waals surface area contributed by atoms with E-state index in [4.69, 9.17) is 5.11 Å². The number of carbonyl (C=O) groups is 1. The predicted molar refractivity (Wildman–Crippen MR) is 70.7 cm³/mol. The van der Waals surface area contributed by atoms with Crippen molar-refractivity contribution in [2.45, 2.75) is 44.2 Å². The number of halogens is 1. The minimum atomic E-state index is -0.695. The number of aliphatic carboxylic acids is 1. The van der Waals surface area contributed by atoms with E-state index in [1.807, 2.05) is 12.1 Å². The molecule has 3 nitrogen and oxygen atoms in total. The van der Waals surface area contributed by atoms with E-state index in [1.54, 1.807) is 0 Å². The molecule has 4 heteroatoms. The lowest BCUT2D eigenvalue weighted by molar-refractivity contribution is -0.138. The Morgan fingerprint density at radius 2 is 1.79 bits per heavy atom. The zero-order chi connectivity index (χ0) is 13.4. The standard InChI is InChI=1S/C15H18FNO2/c16-11-1-3-12(4-2-11)17-13-5-6-14(17)8-10(7-13)9-15(18)19/h1-4,10,13-14H,5-9H2,(H,18,19). The third-order valence-corrected chi connectivity index (χ3v) is 4.42. The lowest BCUT2D eigenvalue weighted by atomic mass is 9.88. The Kier molecular flexibility index (Phi) is 3.17. The number of piperidine rings is 1. The summed E-state index contributed by atoms with van der Waals surface area (Å²) in [6, 6.07) is 7.51. The van der Waals surface area contributed by atoms with Gasteiger partial charge in [0.1, 0.15) is 5.82 Å². The van der Waals surface area contributed by atoms with Crippen LogP contribution in [0.4, 0.5) is 10.1 Å². The summed E-state index contributed by atoms with van der Waals surface area (Å²) in [7, 11) is 0. The van der Waals surface area contributed by atoms with Gasteiger partial charge in [0, 0.05) is 24.2 Å². The predicted octanol–water partition coefficient (Wildman–Crippen LogP) is 3.05. The Hall–Kier alpha value is -1.58. The molecular formula is C15H18FNO2. The Balaban J connectivity index is 1.76. The van der Waals surface area contributed by atoms with Gasteiger partial charge in [0.05, 0.1) is 0 Å². The van der Waals surface area contributed by atoms with Crippen LogP contribution >= 0.6 is 0 Å². The molecule has 1 aromatic carbocycles. The first-order valence-corrected chi connectivity index (χ1v) is 6.89. The third-order valence-electron chi connectivity index (χ3n) is 4.42. The molecule has 2 bridgehead atoms. The molecule has 0 aromatic heterocycles. The number of benzene rings is 1. The Morgan fingerprint density at radius 3 is 2.32 bits per heavy atom. The molecule has 2 saturated heterocycles. The molecule has 1 aromatic rings. The highest BCUT2D eigenvalue weighted by Crippen LogP contribution is 2.42. The number of carboxylic acids is 1. The summed E-state index contributed by atoms with van der Waals surface area (Å²) in [5.41, 5.74) is 1.07. The maximum absolute atomic E-state index is 13.0. The highest BCUT2D eigenvalue weighted by atomic mass is 19.1. The van der Waals surface area contributed by atoms with Crippen molar-refractivity contribution in [2.24, 2.45) is 5.92 Å². The zero-order valence-electron chi connectivity index (χ0n) is 10.8. The number of nitrogens with zero attached hydrogens (tertiary/aromatic N) is 1.